The molecule has 0 spiro atoms. The number of nitrogens with one attached hydrogen (secondary N) is 1. The van der Waals surface area contributed by atoms with Gasteiger partial charge in [0.25, 0.3) is 5.91 Å². The van der Waals surface area contributed by atoms with Crippen LogP contribution in [0.4, 0.5) is 5.69 Å². The number of para-hydroxylation sites is 3. The topological polar surface area (TPSA) is 97.7 Å². The van der Waals surface area contributed by atoms with Crippen LogP contribution in [0, 0.1) is 11.3 Å². The third-order valence-electron chi connectivity index (χ3n) is 3.10. The number of hydrogen-bond acceptors (Lipinski definition) is 6. The number of esters is 1. The molecule has 0 bridgehead atoms. The quantitative estimate of drug-likeness (QED) is 0.776. The lowest BCUT2D eigenvalue weighted by atomic mass is 10.2. The van der Waals surface area contributed by atoms with Gasteiger partial charge in [-0.2, -0.15) is 5.26 Å². The van der Waals surface area contributed by atoms with E-state index in [0.29, 0.717) is 17.0 Å². The Hall–Kier alpha value is -3.53. The van der Waals surface area contributed by atoms with E-state index in [1.165, 1.54) is 7.11 Å². The lowest BCUT2D eigenvalue weighted by Gasteiger charge is -2.10. The number of carbonyl (C=O) groups is 2. The van der Waals surface area contributed by atoms with Gasteiger partial charge in [-0.15, -0.1) is 0 Å². The summed E-state index contributed by atoms with van der Waals surface area (Å²) < 4.78 is 15.2. The standard InChI is InChI=1S/C18H16N2O5/c1-23-16-9-5-3-7-14(16)20-17(21)11-25-18(22)12-24-15-8-4-2-6-13(15)10-19/h2-9H,11-12H2,1H3,(H,20,21). The van der Waals surface area contributed by atoms with Crippen molar-refractivity contribution in [2.24, 2.45) is 0 Å². The molecule has 0 unspecified atom stereocenters. The summed E-state index contributed by atoms with van der Waals surface area (Å²) in [5, 5.41) is 11.5. The van der Waals surface area contributed by atoms with Crippen LogP contribution in [0.2, 0.25) is 0 Å². The number of amides is 1. The van der Waals surface area contributed by atoms with Crippen LogP contribution >= 0.6 is 0 Å². The molecule has 7 nitrogen and oxygen atoms in total. The van der Waals surface area contributed by atoms with Crippen molar-refractivity contribution in [2.45, 2.75) is 0 Å². The van der Waals surface area contributed by atoms with Crippen LogP contribution < -0.4 is 14.8 Å². The van der Waals surface area contributed by atoms with Gasteiger partial charge in [-0.05, 0) is 24.3 Å². The van der Waals surface area contributed by atoms with Crippen LogP contribution in [0.5, 0.6) is 11.5 Å². The Balaban J connectivity index is 1.80. The zero-order chi connectivity index (χ0) is 18.1. The Bertz CT molecular complexity index is 798. The van der Waals surface area contributed by atoms with Crippen LogP contribution in [-0.4, -0.2) is 32.2 Å². The Morgan fingerprint density at radius 1 is 1.04 bits per heavy atom. The SMILES string of the molecule is COc1ccccc1NC(=O)COC(=O)COc1ccccc1C#N. The van der Waals surface area contributed by atoms with E-state index in [1.54, 1.807) is 48.5 Å². The summed E-state index contributed by atoms with van der Waals surface area (Å²) in [6, 6.07) is 15.3. The minimum absolute atomic E-state index is 0.278. The summed E-state index contributed by atoms with van der Waals surface area (Å²) in [5.74, 6) is -0.447. The van der Waals surface area contributed by atoms with Crippen molar-refractivity contribution in [1.29, 1.82) is 5.26 Å². The van der Waals surface area contributed by atoms with E-state index < -0.39 is 25.1 Å². The van der Waals surface area contributed by atoms with E-state index in [9.17, 15) is 9.59 Å². The fourth-order valence-corrected chi connectivity index (χ4v) is 1.94. The highest BCUT2D eigenvalue weighted by Crippen LogP contribution is 2.22. The van der Waals surface area contributed by atoms with E-state index in [4.69, 9.17) is 19.5 Å². The number of anilines is 1. The second-order valence-corrected chi connectivity index (χ2v) is 4.81. The van der Waals surface area contributed by atoms with Crippen LogP contribution in [0.1, 0.15) is 5.56 Å². The van der Waals surface area contributed by atoms with Crippen molar-refractivity contribution in [1.82, 2.24) is 0 Å². The average Bonchev–Trinajstić information content (AvgIpc) is 2.65. The smallest absolute Gasteiger partial charge is 0.344 e. The molecule has 2 aromatic carbocycles. The van der Waals surface area contributed by atoms with Gasteiger partial charge in [0.05, 0.1) is 18.4 Å². The first-order valence-corrected chi connectivity index (χ1v) is 7.34. The summed E-state index contributed by atoms with van der Waals surface area (Å²) in [6.45, 7) is -0.860. The van der Waals surface area contributed by atoms with Crippen molar-refractivity contribution in [3.05, 3.63) is 54.1 Å². The zero-order valence-electron chi connectivity index (χ0n) is 13.5. The van der Waals surface area contributed by atoms with E-state index >= 15 is 0 Å². The molecule has 7 heteroatoms. The number of rotatable bonds is 7. The monoisotopic (exact) mass is 340 g/mol. The molecule has 128 valence electrons. The predicted octanol–water partition coefficient (Wildman–Crippen LogP) is 2.13. The molecule has 25 heavy (non-hydrogen) atoms. The first kappa shape index (κ1) is 17.8. The second-order valence-electron chi connectivity index (χ2n) is 4.81. The molecule has 0 saturated carbocycles. The molecule has 2 aromatic rings. The highest BCUT2D eigenvalue weighted by atomic mass is 16.6. The van der Waals surface area contributed by atoms with Gasteiger partial charge in [0.2, 0.25) is 0 Å². The lowest BCUT2D eigenvalue weighted by molar-refractivity contribution is -0.149. The second kappa shape index (κ2) is 8.93. The maximum atomic E-state index is 11.8. The summed E-state index contributed by atoms with van der Waals surface area (Å²) in [7, 11) is 1.49. The van der Waals surface area contributed by atoms with Gasteiger partial charge < -0.3 is 19.5 Å². The number of hydrogen-bond donors (Lipinski definition) is 1. The molecule has 0 saturated heterocycles. The maximum Gasteiger partial charge on any atom is 0.344 e. The Morgan fingerprint density at radius 2 is 1.72 bits per heavy atom. The van der Waals surface area contributed by atoms with Gasteiger partial charge in [-0.25, -0.2) is 4.79 Å². The lowest BCUT2D eigenvalue weighted by Crippen LogP contribution is -2.24. The number of carbonyl (C=O) groups excluding carboxylic acids is 2. The predicted molar refractivity (Wildman–Crippen MR) is 89.2 cm³/mol. The number of methoxy groups -OCH3 is 1. The minimum Gasteiger partial charge on any atom is -0.495 e. The number of nitriles is 1. The number of nitrogens with zero attached hydrogens (tertiary/aromatic N) is 1. The van der Waals surface area contributed by atoms with Crippen molar-refractivity contribution in [3.8, 4) is 17.6 Å². The van der Waals surface area contributed by atoms with Crippen LogP contribution in [0.15, 0.2) is 48.5 Å². The van der Waals surface area contributed by atoms with E-state index in [2.05, 4.69) is 5.32 Å². The molecule has 0 radical (unpaired) electrons. The molecule has 0 aliphatic carbocycles. The largest absolute Gasteiger partial charge is 0.495 e. The fraction of sp³-hybridized carbons (Fsp3) is 0.167. The average molecular weight is 340 g/mol. The minimum atomic E-state index is -0.720. The highest BCUT2D eigenvalue weighted by molar-refractivity contribution is 5.94. The third kappa shape index (κ3) is 5.25. The molecule has 1 amide bonds. The molecule has 1 N–H and O–H groups in total. The van der Waals surface area contributed by atoms with E-state index in [-0.39, 0.29) is 5.75 Å². The summed E-state index contributed by atoms with van der Waals surface area (Å²) >= 11 is 0. The van der Waals surface area contributed by atoms with Crippen molar-refractivity contribution >= 4 is 17.6 Å². The first-order chi connectivity index (χ1) is 12.1. The number of benzene rings is 2. The fourth-order valence-electron chi connectivity index (χ4n) is 1.94. The molecule has 2 rings (SSSR count). The van der Waals surface area contributed by atoms with Gasteiger partial charge in [-0.3, -0.25) is 4.79 Å². The Kier molecular flexibility index (Phi) is 6.37. The van der Waals surface area contributed by atoms with Crippen molar-refractivity contribution in [2.75, 3.05) is 25.6 Å². The number of ether oxygens (including phenoxy) is 3. The molecule has 0 aliphatic rings. The van der Waals surface area contributed by atoms with Gasteiger partial charge >= 0.3 is 5.97 Å². The van der Waals surface area contributed by atoms with E-state index in [0.717, 1.165) is 0 Å². The Morgan fingerprint density at radius 3 is 2.44 bits per heavy atom. The first-order valence-electron chi connectivity index (χ1n) is 7.34. The summed E-state index contributed by atoms with van der Waals surface area (Å²) in [4.78, 5) is 23.5. The van der Waals surface area contributed by atoms with Crippen LogP contribution in [-0.2, 0) is 14.3 Å². The van der Waals surface area contributed by atoms with Gasteiger partial charge in [0, 0.05) is 0 Å². The van der Waals surface area contributed by atoms with Crippen LogP contribution in [0.3, 0.4) is 0 Å². The molecule has 0 atom stereocenters. The summed E-state index contributed by atoms with van der Waals surface area (Å²) in [6.07, 6.45) is 0. The maximum absolute atomic E-state index is 11.8. The van der Waals surface area contributed by atoms with E-state index in [1.807, 2.05) is 6.07 Å². The molecule has 0 aliphatic heterocycles. The highest BCUT2D eigenvalue weighted by Gasteiger charge is 2.11. The van der Waals surface area contributed by atoms with Crippen molar-refractivity contribution < 1.29 is 23.8 Å². The normalized spacial score (nSPS) is 9.60. The molecular weight excluding hydrogens is 324 g/mol. The van der Waals surface area contributed by atoms with Crippen LogP contribution in [0.25, 0.3) is 0 Å². The van der Waals surface area contributed by atoms with Gasteiger partial charge in [-0.1, -0.05) is 24.3 Å². The zero-order valence-corrected chi connectivity index (χ0v) is 13.5. The molecule has 0 aromatic heterocycles. The van der Waals surface area contributed by atoms with Gasteiger partial charge in [0.1, 0.15) is 17.6 Å². The third-order valence-corrected chi connectivity index (χ3v) is 3.10. The molecule has 0 heterocycles. The Labute approximate surface area is 144 Å². The van der Waals surface area contributed by atoms with Gasteiger partial charge in [0.15, 0.2) is 13.2 Å². The summed E-state index contributed by atoms with van der Waals surface area (Å²) in [5.41, 5.74) is 0.787. The molecule has 0 fully saturated rings. The molecular formula is C18H16N2O5. The van der Waals surface area contributed by atoms with Crippen molar-refractivity contribution in [3.63, 3.8) is 0 Å².